The van der Waals surface area contributed by atoms with E-state index in [2.05, 4.69) is 93.2 Å². The second-order valence-electron chi connectivity index (χ2n) is 7.93. The quantitative estimate of drug-likeness (QED) is 0.215. The Kier molecular flexibility index (Phi) is 8.10. The second kappa shape index (κ2) is 10.7. The molecular formula is C27H23F3O3S2. The zero-order valence-electron chi connectivity index (χ0n) is 18.9. The van der Waals surface area contributed by atoms with Gasteiger partial charge in [-0.3, -0.25) is 4.55 Å². The molecule has 0 aliphatic rings. The summed E-state index contributed by atoms with van der Waals surface area (Å²) in [7, 11) is -4.43. The predicted molar refractivity (Wildman–Crippen MR) is 135 cm³/mol. The first-order valence-electron chi connectivity index (χ1n) is 10.5. The zero-order valence-corrected chi connectivity index (χ0v) is 20.6. The lowest BCUT2D eigenvalue weighted by molar-refractivity contribution is -0.137. The molecule has 0 radical (unpaired) electrons. The Morgan fingerprint density at radius 2 is 1.20 bits per heavy atom. The number of aryl methyl sites for hydroxylation is 2. The van der Waals surface area contributed by atoms with Crippen molar-refractivity contribution in [3.05, 3.63) is 108 Å². The van der Waals surface area contributed by atoms with E-state index in [0.29, 0.717) is 24.3 Å². The van der Waals surface area contributed by atoms with Crippen molar-refractivity contribution in [1.29, 1.82) is 0 Å². The molecule has 0 amide bonds. The molecule has 4 rings (SSSR count). The van der Waals surface area contributed by atoms with Crippen LogP contribution in [0.5, 0.6) is 0 Å². The fourth-order valence-electron chi connectivity index (χ4n) is 3.35. The van der Waals surface area contributed by atoms with Crippen molar-refractivity contribution >= 4 is 22.7 Å². The lowest BCUT2D eigenvalue weighted by Crippen LogP contribution is -2.05. The maximum Gasteiger partial charge on any atom is 0.416 e. The van der Waals surface area contributed by atoms with Crippen LogP contribution in [0.15, 0.2) is 101 Å². The first kappa shape index (κ1) is 26.5. The molecule has 0 fully saturated rings. The average Bonchev–Trinajstić information content (AvgIpc) is 2.80. The van der Waals surface area contributed by atoms with Crippen LogP contribution in [0.4, 0.5) is 13.2 Å². The van der Waals surface area contributed by atoms with Gasteiger partial charge in [0.15, 0.2) is 0 Å². The van der Waals surface area contributed by atoms with Crippen LogP contribution in [0.3, 0.4) is 0 Å². The Balaban J connectivity index is 0.000000214. The van der Waals surface area contributed by atoms with Gasteiger partial charge in [0.05, 0.1) is 10.5 Å². The minimum Gasteiger partial charge on any atom is -0.282 e. The van der Waals surface area contributed by atoms with Gasteiger partial charge in [-0.25, -0.2) is 0 Å². The molecule has 0 heterocycles. The van der Waals surface area contributed by atoms with Crippen molar-refractivity contribution < 1.29 is 26.1 Å². The first-order chi connectivity index (χ1) is 16.4. The predicted octanol–water partition coefficient (Wildman–Crippen LogP) is 7.88. The molecular weight excluding hydrogens is 493 g/mol. The minimum absolute atomic E-state index is 0.564. The van der Waals surface area contributed by atoms with Crippen molar-refractivity contribution in [3.8, 4) is 22.3 Å². The SMILES string of the molecule is Cc1ccc(-c2cccc(S)c2-c2ccc(C)cc2)cc1.O=S(=O)(O)c1ccc(C(F)(F)F)cc1. The van der Waals surface area contributed by atoms with Gasteiger partial charge in [0.2, 0.25) is 0 Å². The van der Waals surface area contributed by atoms with Crippen LogP contribution >= 0.6 is 12.6 Å². The van der Waals surface area contributed by atoms with Crippen molar-refractivity contribution in [3.63, 3.8) is 0 Å². The average molecular weight is 517 g/mol. The highest BCUT2D eigenvalue weighted by Gasteiger charge is 2.30. The molecule has 3 nitrogen and oxygen atoms in total. The van der Waals surface area contributed by atoms with Gasteiger partial charge in [0, 0.05) is 10.5 Å². The zero-order chi connectivity index (χ0) is 25.8. The Labute approximate surface area is 208 Å². The number of thiol groups is 1. The van der Waals surface area contributed by atoms with Gasteiger partial charge < -0.3 is 0 Å². The van der Waals surface area contributed by atoms with Crippen LogP contribution in [0.2, 0.25) is 0 Å². The maximum atomic E-state index is 12.0. The molecule has 4 aromatic rings. The molecule has 8 heteroatoms. The first-order valence-corrected chi connectivity index (χ1v) is 12.4. The van der Waals surface area contributed by atoms with Crippen LogP contribution in [-0.2, 0) is 16.3 Å². The van der Waals surface area contributed by atoms with Crippen LogP contribution in [0.1, 0.15) is 16.7 Å². The molecule has 0 saturated carbocycles. The highest BCUT2D eigenvalue weighted by molar-refractivity contribution is 7.85. The van der Waals surface area contributed by atoms with E-state index in [1.54, 1.807) is 0 Å². The van der Waals surface area contributed by atoms with E-state index < -0.39 is 26.8 Å². The number of alkyl halides is 3. The highest BCUT2D eigenvalue weighted by atomic mass is 32.2. The summed E-state index contributed by atoms with van der Waals surface area (Å²) in [6.07, 6.45) is -4.52. The van der Waals surface area contributed by atoms with Crippen LogP contribution < -0.4 is 0 Å². The van der Waals surface area contributed by atoms with E-state index in [4.69, 9.17) is 4.55 Å². The van der Waals surface area contributed by atoms with E-state index in [-0.39, 0.29) is 0 Å². The summed E-state index contributed by atoms with van der Waals surface area (Å²) in [4.78, 5) is 0.447. The van der Waals surface area contributed by atoms with Gasteiger partial charge in [-0.2, -0.15) is 21.6 Å². The molecule has 0 aliphatic carbocycles. The number of benzene rings is 4. The van der Waals surface area contributed by atoms with E-state index in [1.807, 2.05) is 0 Å². The molecule has 0 bridgehead atoms. The van der Waals surface area contributed by atoms with Crippen LogP contribution in [0, 0.1) is 13.8 Å². The summed E-state index contributed by atoms with van der Waals surface area (Å²) in [6, 6.07) is 26.1. The van der Waals surface area contributed by atoms with Crippen molar-refractivity contribution in [1.82, 2.24) is 0 Å². The van der Waals surface area contributed by atoms with Gasteiger partial charge in [-0.1, -0.05) is 71.8 Å². The standard InChI is InChI=1S/C20H18S.C7H5F3O3S/c1-14-6-10-16(11-7-14)18-4-3-5-19(21)20(18)17-12-8-15(2)9-13-17;8-7(9,10)5-1-3-6(4-2-5)14(11,12)13/h3-13,21H,1-2H3;1-4H,(H,11,12,13). The third-order valence-electron chi connectivity index (χ3n) is 5.22. The van der Waals surface area contributed by atoms with Gasteiger partial charge in [-0.05, 0) is 60.9 Å². The van der Waals surface area contributed by atoms with Crippen molar-refractivity contribution in [2.45, 2.75) is 29.8 Å². The van der Waals surface area contributed by atoms with E-state index in [1.165, 1.54) is 33.4 Å². The molecule has 4 aromatic carbocycles. The monoisotopic (exact) mass is 516 g/mol. The normalized spacial score (nSPS) is 11.5. The molecule has 35 heavy (non-hydrogen) atoms. The summed E-state index contributed by atoms with van der Waals surface area (Å²) >= 11 is 4.68. The van der Waals surface area contributed by atoms with Gasteiger partial charge in [0.25, 0.3) is 10.1 Å². The maximum absolute atomic E-state index is 12.0. The van der Waals surface area contributed by atoms with Gasteiger partial charge in [-0.15, -0.1) is 12.6 Å². The molecule has 0 unspecified atom stereocenters. The highest BCUT2D eigenvalue weighted by Crippen LogP contribution is 2.37. The topological polar surface area (TPSA) is 54.4 Å². The summed E-state index contributed by atoms with van der Waals surface area (Å²) in [5, 5.41) is 0. The Morgan fingerprint density at radius 3 is 1.66 bits per heavy atom. The molecule has 0 aliphatic heterocycles. The molecule has 0 saturated heterocycles. The summed E-state index contributed by atoms with van der Waals surface area (Å²) in [5.41, 5.74) is 6.44. The molecule has 0 aromatic heterocycles. The van der Waals surface area contributed by atoms with E-state index in [0.717, 1.165) is 4.90 Å². The molecule has 1 N–H and O–H groups in total. The largest absolute Gasteiger partial charge is 0.416 e. The van der Waals surface area contributed by atoms with E-state index >= 15 is 0 Å². The third kappa shape index (κ3) is 6.97. The molecule has 0 atom stereocenters. The van der Waals surface area contributed by atoms with Crippen LogP contribution in [0.25, 0.3) is 22.3 Å². The Bertz CT molecular complexity index is 1390. The van der Waals surface area contributed by atoms with Gasteiger partial charge >= 0.3 is 6.18 Å². The number of hydrogen-bond donors (Lipinski definition) is 2. The number of hydrogen-bond acceptors (Lipinski definition) is 3. The van der Waals surface area contributed by atoms with Crippen LogP contribution in [-0.4, -0.2) is 13.0 Å². The molecule has 182 valence electrons. The Morgan fingerprint density at radius 1 is 0.714 bits per heavy atom. The second-order valence-corrected chi connectivity index (χ2v) is 9.83. The number of halogens is 3. The lowest BCUT2D eigenvalue weighted by Gasteiger charge is -2.13. The fourth-order valence-corrected chi connectivity index (χ4v) is 4.17. The minimum atomic E-state index is -4.52. The number of rotatable bonds is 3. The summed E-state index contributed by atoms with van der Waals surface area (Å²) in [5.74, 6) is 0. The van der Waals surface area contributed by atoms with Gasteiger partial charge in [0.1, 0.15) is 0 Å². The van der Waals surface area contributed by atoms with Crippen molar-refractivity contribution in [2.75, 3.05) is 0 Å². The third-order valence-corrected chi connectivity index (χ3v) is 6.47. The summed E-state index contributed by atoms with van der Waals surface area (Å²) < 4.78 is 65.4. The Hall–Kier alpha value is -3.07. The van der Waals surface area contributed by atoms with E-state index in [9.17, 15) is 21.6 Å². The smallest absolute Gasteiger partial charge is 0.282 e. The fraction of sp³-hybridized carbons (Fsp3) is 0.111. The molecule has 0 spiro atoms. The lowest BCUT2D eigenvalue weighted by atomic mass is 9.93. The summed E-state index contributed by atoms with van der Waals surface area (Å²) in [6.45, 7) is 4.22. The van der Waals surface area contributed by atoms with Crippen molar-refractivity contribution in [2.24, 2.45) is 0 Å².